The van der Waals surface area contributed by atoms with Crippen LogP contribution in [0.25, 0.3) is 16.5 Å². The summed E-state index contributed by atoms with van der Waals surface area (Å²) in [6.45, 7) is 4.23. The molecule has 0 saturated carbocycles. The van der Waals surface area contributed by atoms with E-state index in [2.05, 4.69) is 16.4 Å². The largest absolute Gasteiger partial charge is 0.478 e. The Kier molecular flexibility index (Phi) is 7.64. The molecule has 0 radical (unpaired) electrons. The number of carboxylic acids is 1. The van der Waals surface area contributed by atoms with E-state index in [1.54, 1.807) is 29.8 Å². The zero-order chi connectivity index (χ0) is 23.3. The smallest absolute Gasteiger partial charge is 0.339 e. The molecule has 8 heteroatoms. The third kappa shape index (κ3) is 4.83. The van der Waals surface area contributed by atoms with Crippen molar-refractivity contribution >= 4 is 39.9 Å². The molecule has 0 unspecified atom stereocenters. The van der Waals surface area contributed by atoms with Gasteiger partial charge < -0.3 is 10.4 Å². The quantitative estimate of drug-likeness (QED) is 0.544. The van der Waals surface area contributed by atoms with Gasteiger partial charge in [0.2, 0.25) is 0 Å². The Bertz CT molecular complexity index is 1230. The Balaban J connectivity index is 0.00000141. The first kappa shape index (κ1) is 23.5. The normalized spacial score (nSPS) is 13.2. The summed E-state index contributed by atoms with van der Waals surface area (Å²) >= 11 is 6.28. The Morgan fingerprint density at radius 1 is 1.28 bits per heavy atom. The fraction of sp³-hybridized carbons (Fsp3) is 0.333. The van der Waals surface area contributed by atoms with E-state index in [0.717, 1.165) is 31.3 Å². The van der Waals surface area contributed by atoms with Gasteiger partial charge in [-0.3, -0.25) is 9.36 Å². The van der Waals surface area contributed by atoms with Gasteiger partial charge in [0.25, 0.3) is 5.56 Å². The lowest BCUT2D eigenvalue weighted by Crippen LogP contribution is -2.23. The van der Waals surface area contributed by atoms with Crippen LogP contribution in [0.5, 0.6) is 0 Å². The molecule has 32 heavy (non-hydrogen) atoms. The van der Waals surface area contributed by atoms with Gasteiger partial charge in [0.15, 0.2) is 0 Å². The van der Waals surface area contributed by atoms with Crippen molar-refractivity contribution in [3.8, 4) is 0 Å². The minimum Gasteiger partial charge on any atom is -0.478 e. The molecule has 7 nitrogen and oxygen atoms in total. The molecule has 1 aromatic carbocycles. The van der Waals surface area contributed by atoms with E-state index in [-0.39, 0.29) is 23.5 Å². The molecule has 3 aromatic rings. The van der Waals surface area contributed by atoms with Crippen molar-refractivity contribution in [2.24, 2.45) is 7.05 Å². The number of anilines is 1. The highest BCUT2D eigenvalue weighted by Crippen LogP contribution is 2.28. The summed E-state index contributed by atoms with van der Waals surface area (Å²) < 4.78 is 1.58. The molecule has 2 N–H and O–H groups in total. The molecule has 0 saturated heterocycles. The van der Waals surface area contributed by atoms with Gasteiger partial charge in [-0.15, -0.1) is 0 Å². The fourth-order valence-electron chi connectivity index (χ4n) is 3.77. The zero-order valence-electron chi connectivity index (χ0n) is 18.5. The van der Waals surface area contributed by atoms with Crippen molar-refractivity contribution in [1.82, 2.24) is 14.5 Å². The lowest BCUT2D eigenvalue weighted by molar-refractivity contribution is 0.0697. The predicted octanol–water partition coefficient (Wildman–Crippen LogP) is 5.28. The van der Waals surface area contributed by atoms with E-state index in [9.17, 15) is 14.7 Å². The van der Waals surface area contributed by atoms with Gasteiger partial charge in [0, 0.05) is 24.8 Å². The molecule has 0 amide bonds. The summed E-state index contributed by atoms with van der Waals surface area (Å²) in [5, 5.41) is 13.3. The Labute approximate surface area is 191 Å². The highest BCUT2D eigenvalue weighted by atomic mass is 35.5. The molecule has 0 spiro atoms. The molecule has 2 heterocycles. The maximum absolute atomic E-state index is 13.0. The first-order valence-corrected chi connectivity index (χ1v) is 11.1. The molecule has 0 aliphatic heterocycles. The summed E-state index contributed by atoms with van der Waals surface area (Å²) in [5.41, 5.74) is 2.25. The molecule has 0 atom stereocenters. The number of carboxylic acid groups (broad SMARTS) is 1. The standard InChI is InChI=1S/C22H21ClN4O3.C2H6/c1-27-20(13-6-3-2-4-7-13)26-18-14(10-15(23)11-17(18)21(27)28)12-25-19-16(22(29)30)8-5-9-24-19;1-2/h5-6,8-11H,2-4,7,12H2,1H3,(H,24,25)(H,29,30);1-2H3. The number of nitrogens with zero attached hydrogens (tertiary/aromatic N) is 3. The van der Waals surface area contributed by atoms with Crippen LogP contribution in [0.3, 0.4) is 0 Å². The van der Waals surface area contributed by atoms with Crippen LogP contribution in [-0.4, -0.2) is 25.6 Å². The molecular formula is C24H27ClN4O3. The summed E-state index contributed by atoms with van der Waals surface area (Å²) in [4.78, 5) is 33.4. The number of aromatic carboxylic acids is 1. The average Bonchev–Trinajstić information content (AvgIpc) is 2.82. The van der Waals surface area contributed by atoms with E-state index in [4.69, 9.17) is 16.6 Å². The molecule has 2 aromatic heterocycles. The Morgan fingerprint density at radius 2 is 2.06 bits per heavy atom. The third-order valence-electron chi connectivity index (χ3n) is 5.29. The number of benzene rings is 1. The van der Waals surface area contributed by atoms with Gasteiger partial charge in [-0.1, -0.05) is 31.5 Å². The molecule has 0 bridgehead atoms. The number of fused-ring (bicyclic) bond motifs is 1. The monoisotopic (exact) mass is 454 g/mol. The molecule has 4 rings (SSSR count). The number of allylic oxidation sites excluding steroid dienone is 2. The summed E-state index contributed by atoms with van der Waals surface area (Å²) in [5.74, 6) is -0.155. The predicted molar refractivity (Wildman–Crippen MR) is 128 cm³/mol. The summed E-state index contributed by atoms with van der Waals surface area (Å²) in [6, 6.07) is 6.41. The average molecular weight is 455 g/mol. The van der Waals surface area contributed by atoms with E-state index in [1.807, 2.05) is 13.8 Å². The van der Waals surface area contributed by atoms with Crippen molar-refractivity contribution in [3.63, 3.8) is 0 Å². The van der Waals surface area contributed by atoms with Gasteiger partial charge in [0.1, 0.15) is 17.2 Å². The fourth-order valence-corrected chi connectivity index (χ4v) is 4.01. The Hall–Kier alpha value is -3.19. The topological polar surface area (TPSA) is 97.1 Å². The molecule has 0 fully saturated rings. The number of halogens is 1. The lowest BCUT2D eigenvalue weighted by Gasteiger charge is -2.17. The van der Waals surface area contributed by atoms with Gasteiger partial charge in [0.05, 0.1) is 10.9 Å². The van der Waals surface area contributed by atoms with Crippen LogP contribution < -0.4 is 10.9 Å². The maximum atomic E-state index is 13.0. The van der Waals surface area contributed by atoms with Crippen LogP contribution in [0, 0.1) is 0 Å². The van der Waals surface area contributed by atoms with Gasteiger partial charge in [-0.25, -0.2) is 14.8 Å². The van der Waals surface area contributed by atoms with Crippen molar-refractivity contribution in [1.29, 1.82) is 0 Å². The molecule has 168 valence electrons. The summed E-state index contributed by atoms with van der Waals surface area (Å²) in [6.07, 6.45) is 7.77. The van der Waals surface area contributed by atoms with E-state index in [0.29, 0.717) is 27.3 Å². The van der Waals surface area contributed by atoms with Crippen LogP contribution in [0.1, 0.15) is 61.3 Å². The van der Waals surface area contributed by atoms with Crippen molar-refractivity contribution in [2.45, 2.75) is 46.1 Å². The van der Waals surface area contributed by atoms with E-state index < -0.39 is 5.97 Å². The van der Waals surface area contributed by atoms with E-state index in [1.165, 1.54) is 12.3 Å². The second-order valence-corrected chi connectivity index (χ2v) is 7.73. The van der Waals surface area contributed by atoms with Crippen LogP contribution in [0.2, 0.25) is 5.02 Å². The maximum Gasteiger partial charge on any atom is 0.339 e. The second kappa shape index (κ2) is 10.4. The second-order valence-electron chi connectivity index (χ2n) is 7.29. The zero-order valence-corrected chi connectivity index (χ0v) is 19.2. The first-order chi connectivity index (χ1) is 15.5. The number of carbonyl (C=O) groups is 1. The molecule has 1 aliphatic carbocycles. The van der Waals surface area contributed by atoms with Crippen LogP contribution in [0.15, 0.2) is 41.3 Å². The Morgan fingerprint density at radius 3 is 2.75 bits per heavy atom. The highest BCUT2D eigenvalue weighted by Gasteiger charge is 2.17. The number of pyridine rings is 1. The van der Waals surface area contributed by atoms with Gasteiger partial charge in [-0.2, -0.15) is 0 Å². The number of aromatic nitrogens is 3. The SMILES string of the molecule is CC.Cn1c(C2=CCCCC2)nc2c(CNc3ncccc3C(=O)O)cc(Cl)cc2c1=O. The number of rotatable bonds is 5. The van der Waals surface area contributed by atoms with Gasteiger partial charge >= 0.3 is 5.97 Å². The minimum atomic E-state index is -1.07. The van der Waals surface area contributed by atoms with Crippen molar-refractivity contribution < 1.29 is 9.90 Å². The van der Waals surface area contributed by atoms with Crippen LogP contribution >= 0.6 is 11.6 Å². The molecular weight excluding hydrogens is 428 g/mol. The van der Waals surface area contributed by atoms with E-state index >= 15 is 0 Å². The van der Waals surface area contributed by atoms with Crippen molar-refractivity contribution in [3.05, 3.63) is 68.9 Å². The number of nitrogens with one attached hydrogen (secondary N) is 1. The highest BCUT2D eigenvalue weighted by molar-refractivity contribution is 6.31. The van der Waals surface area contributed by atoms with Gasteiger partial charge in [-0.05, 0) is 61.1 Å². The minimum absolute atomic E-state index is 0.0701. The molecule has 1 aliphatic rings. The number of hydrogen-bond donors (Lipinski definition) is 2. The van der Waals surface area contributed by atoms with Crippen LogP contribution in [-0.2, 0) is 13.6 Å². The third-order valence-corrected chi connectivity index (χ3v) is 5.50. The first-order valence-electron chi connectivity index (χ1n) is 10.8. The van der Waals surface area contributed by atoms with Crippen molar-refractivity contribution in [2.75, 3.05) is 5.32 Å². The number of hydrogen-bond acceptors (Lipinski definition) is 5. The lowest BCUT2D eigenvalue weighted by atomic mass is 9.98. The summed E-state index contributed by atoms with van der Waals surface area (Å²) in [7, 11) is 1.73. The van der Waals surface area contributed by atoms with Crippen LogP contribution in [0.4, 0.5) is 5.82 Å².